The summed E-state index contributed by atoms with van der Waals surface area (Å²) in [5.41, 5.74) is 11.8. The Morgan fingerprint density at radius 3 is 2.15 bits per heavy atom. The smallest absolute Gasteiger partial charge is 0.475 e. The predicted octanol–water partition coefficient (Wildman–Crippen LogP) is 4.74. The first-order valence-electron chi connectivity index (χ1n) is 11.3. The van der Waals surface area contributed by atoms with Crippen LogP contribution >= 0.6 is 0 Å². The highest BCUT2D eigenvalue weighted by molar-refractivity contribution is 7.89. The van der Waals surface area contributed by atoms with Gasteiger partial charge in [0, 0.05) is 30.1 Å². The minimum absolute atomic E-state index is 0.0549. The standard InChI is InChI=1S/C25H24N4O2S.C2HF3O2/c1-17-5-10-24(32(28,30)31)23(13-17)20-8-6-19(7-9-20)22-11-12-29(16-22)15-18-3-2-4-21(14-18)25(26)27;3-2(4,5)1(6)7/h2-14,16H,15H2,1H3,(H3,26,27)(H2,28,30,31);(H,6,7). The highest BCUT2D eigenvalue weighted by atomic mass is 32.2. The van der Waals surface area contributed by atoms with Gasteiger partial charge in [-0.3, -0.25) is 5.41 Å². The number of nitrogen functional groups attached to an aromatic ring is 1. The van der Waals surface area contributed by atoms with Crippen LogP contribution in [0.3, 0.4) is 0 Å². The first-order chi connectivity index (χ1) is 18.1. The Morgan fingerprint density at radius 1 is 0.974 bits per heavy atom. The maximum absolute atomic E-state index is 12.0. The molecule has 0 fully saturated rings. The predicted molar refractivity (Wildman–Crippen MR) is 142 cm³/mol. The first-order valence-corrected chi connectivity index (χ1v) is 12.8. The van der Waals surface area contributed by atoms with E-state index in [4.69, 9.17) is 26.2 Å². The molecule has 0 amide bonds. The van der Waals surface area contributed by atoms with Gasteiger partial charge in [-0.1, -0.05) is 60.2 Å². The number of aliphatic carboxylic acids is 1. The molecule has 1 heterocycles. The number of nitrogens with one attached hydrogen (secondary N) is 1. The number of carbonyl (C=O) groups is 1. The van der Waals surface area contributed by atoms with E-state index in [-0.39, 0.29) is 10.7 Å². The second-order valence-electron chi connectivity index (χ2n) is 8.61. The maximum atomic E-state index is 12.0. The second kappa shape index (κ2) is 11.5. The summed E-state index contributed by atoms with van der Waals surface area (Å²) >= 11 is 0. The summed E-state index contributed by atoms with van der Waals surface area (Å²) in [5.74, 6) is -2.70. The van der Waals surface area contributed by atoms with Crippen molar-refractivity contribution in [1.82, 2.24) is 4.57 Å². The molecule has 1 aromatic heterocycles. The lowest BCUT2D eigenvalue weighted by atomic mass is 10.0. The highest BCUT2D eigenvalue weighted by Gasteiger charge is 2.38. The average molecular weight is 559 g/mol. The Bertz CT molecular complexity index is 1610. The molecule has 8 nitrogen and oxygen atoms in total. The van der Waals surface area contributed by atoms with Crippen molar-refractivity contribution < 1.29 is 31.5 Å². The zero-order chi connectivity index (χ0) is 29.0. The SMILES string of the molecule is Cc1ccc(S(N)(=O)=O)c(-c2ccc(-c3ccn(Cc4cccc(C(=N)N)c4)c3)cc2)c1.O=C(O)C(F)(F)F. The number of nitrogens with two attached hydrogens (primary N) is 2. The van der Waals surface area contributed by atoms with Gasteiger partial charge in [0.2, 0.25) is 10.0 Å². The summed E-state index contributed by atoms with van der Waals surface area (Å²) in [5, 5.41) is 20.1. The van der Waals surface area contributed by atoms with Crippen LogP contribution in [-0.2, 0) is 21.4 Å². The molecule has 0 atom stereocenters. The van der Waals surface area contributed by atoms with E-state index >= 15 is 0 Å². The third-order valence-corrected chi connectivity index (χ3v) is 6.54. The number of primary sulfonamides is 1. The molecule has 6 N–H and O–H groups in total. The molecule has 204 valence electrons. The number of hydrogen-bond acceptors (Lipinski definition) is 4. The van der Waals surface area contributed by atoms with E-state index in [1.54, 1.807) is 12.1 Å². The lowest BCUT2D eigenvalue weighted by Crippen LogP contribution is -2.21. The van der Waals surface area contributed by atoms with Crippen LogP contribution in [-0.4, -0.2) is 36.1 Å². The van der Waals surface area contributed by atoms with Gasteiger partial charge in [0.1, 0.15) is 5.84 Å². The summed E-state index contributed by atoms with van der Waals surface area (Å²) in [6.45, 7) is 2.58. The summed E-state index contributed by atoms with van der Waals surface area (Å²) in [6.07, 6.45) is -1.03. The van der Waals surface area contributed by atoms with Crippen molar-refractivity contribution in [1.29, 1.82) is 5.41 Å². The minimum Gasteiger partial charge on any atom is -0.475 e. The van der Waals surface area contributed by atoms with Gasteiger partial charge in [0.15, 0.2) is 0 Å². The molecule has 4 rings (SSSR count). The van der Waals surface area contributed by atoms with Gasteiger partial charge in [-0.2, -0.15) is 13.2 Å². The Hall–Kier alpha value is -4.42. The monoisotopic (exact) mass is 558 g/mol. The van der Waals surface area contributed by atoms with Gasteiger partial charge in [-0.15, -0.1) is 0 Å². The van der Waals surface area contributed by atoms with Crippen LogP contribution in [0.1, 0.15) is 16.7 Å². The fourth-order valence-electron chi connectivity index (χ4n) is 3.72. The molecule has 0 spiro atoms. The molecular weight excluding hydrogens is 533 g/mol. The second-order valence-corrected chi connectivity index (χ2v) is 10.1. The minimum atomic E-state index is -5.08. The van der Waals surface area contributed by atoms with Gasteiger partial charge >= 0.3 is 12.1 Å². The van der Waals surface area contributed by atoms with E-state index in [1.807, 2.05) is 73.8 Å². The topological polar surface area (TPSA) is 152 Å². The number of nitrogens with zero attached hydrogens (tertiary/aromatic N) is 1. The van der Waals surface area contributed by atoms with E-state index in [0.717, 1.165) is 27.8 Å². The summed E-state index contributed by atoms with van der Waals surface area (Å²) in [6, 6.07) is 22.6. The molecule has 0 aliphatic rings. The van der Waals surface area contributed by atoms with Crippen molar-refractivity contribution in [3.8, 4) is 22.3 Å². The van der Waals surface area contributed by atoms with Gasteiger partial charge < -0.3 is 15.4 Å². The van der Waals surface area contributed by atoms with Crippen molar-refractivity contribution >= 4 is 21.8 Å². The molecule has 39 heavy (non-hydrogen) atoms. The average Bonchev–Trinajstić information content (AvgIpc) is 3.31. The van der Waals surface area contributed by atoms with Crippen LogP contribution in [0.15, 0.2) is 90.1 Å². The lowest BCUT2D eigenvalue weighted by Gasteiger charge is -2.10. The van der Waals surface area contributed by atoms with E-state index in [9.17, 15) is 21.6 Å². The fourth-order valence-corrected chi connectivity index (χ4v) is 4.46. The highest BCUT2D eigenvalue weighted by Crippen LogP contribution is 2.30. The third-order valence-electron chi connectivity index (χ3n) is 5.57. The van der Waals surface area contributed by atoms with Crippen LogP contribution in [0.5, 0.6) is 0 Å². The number of carboxylic acids is 1. The molecule has 0 saturated carbocycles. The fraction of sp³-hybridized carbons (Fsp3) is 0.111. The number of aromatic nitrogens is 1. The number of halogens is 3. The van der Waals surface area contributed by atoms with Gasteiger partial charge in [-0.25, -0.2) is 18.4 Å². The summed E-state index contributed by atoms with van der Waals surface area (Å²) in [7, 11) is -3.82. The van der Waals surface area contributed by atoms with Crippen molar-refractivity contribution in [2.45, 2.75) is 24.5 Å². The van der Waals surface area contributed by atoms with Crippen molar-refractivity contribution in [2.75, 3.05) is 0 Å². The number of sulfonamides is 1. The Labute approximate surface area is 222 Å². The Morgan fingerprint density at radius 2 is 1.59 bits per heavy atom. The van der Waals surface area contributed by atoms with Gasteiger partial charge in [0.25, 0.3) is 0 Å². The quantitative estimate of drug-likeness (QED) is 0.199. The zero-order valence-corrected chi connectivity index (χ0v) is 21.4. The van der Waals surface area contributed by atoms with Crippen LogP contribution < -0.4 is 10.9 Å². The van der Waals surface area contributed by atoms with E-state index in [1.165, 1.54) is 0 Å². The molecular formula is C27H25F3N4O4S. The molecule has 12 heteroatoms. The van der Waals surface area contributed by atoms with Crippen LogP contribution in [0, 0.1) is 12.3 Å². The van der Waals surface area contributed by atoms with Gasteiger partial charge in [0.05, 0.1) is 4.90 Å². The molecule has 0 aliphatic heterocycles. The zero-order valence-electron chi connectivity index (χ0n) is 20.6. The first kappa shape index (κ1) is 29.1. The van der Waals surface area contributed by atoms with Crippen LogP contribution in [0.25, 0.3) is 22.3 Å². The number of alkyl halides is 3. The van der Waals surface area contributed by atoms with Crippen molar-refractivity contribution in [2.24, 2.45) is 10.9 Å². The molecule has 4 aromatic rings. The summed E-state index contributed by atoms with van der Waals surface area (Å²) < 4.78 is 57.8. The number of benzene rings is 3. The Balaban J connectivity index is 0.000000532. The number of carboxylic acid groups (broad SMARTS) is 1. The molecule has 0 unspecified atom stereocenters. The largest absolute Gasteiger partial charge is 0.490 e. The normalized spacial score (nSPS) is 11.4. The van der Waals surface area contributed by atoms with Crippen LogP contribution in [0.4, 0.5) is 13.2 Å². The van der Waals surface area contributed by atoms with Gasteiger partial charge in [-0.05, 0) is 47.4 Å². The van der Waals surface area contributed by atoms with Crippen molar-refractivity contribution in [3.05, 3.63) is 102 Å². The molecule has 3 aromatic carbocycles. The number of hydrogen-bond donors (Lipinski definition) is 4. The van der Waals surface area contributed by atoms with E-state index in [2.05, 4.69) is 10.8 Å². The lowest BCUT2D eigenvalue weighted by molar-refractivity contribution is -0.192. The number of rotatable bonds is 6. The van der Waals surface area contributed by atoms with Crippen molar-refractivity contribution in [3.63, 3.8) is 0 Å². The van der Waals surface area contributed by atoms with E-state index < -0.39 is 22.2 Å². The summed E-state index contributed by atoms with van der Waals surface area (Å²) in [4.78, 5) is 9.02. The number of aryl methyl sites for hydroxylation is 1. The molecule has 0 saturated heterocycles. The van der Waals surface area contributed by atoms with E-state index in [0.29, 0.717) is 17.7 Å². The Kier molecular flexibility index (Phi) is 8.62. The maximum Gasteiger partial charge on any atom is 0.490 e. The van der Waals surface area contributed by atoms with Crippen LogP contribution in [0.2, 0.25) is 0 Å². The molecule has 0 aliphatic carbocycles. The molecule has 0 bridgehead atoms. The number of amidine groups is 1. The molecule has 0 radical (unpaired) electrons. The third kappa shape index (κ3) is 7.79.